The van der Waals surface area contributed by atoms with Crippen molar-refractivity contribution in [2.24, 2.45) is 11.5 Å². The summed E-state index contributed by atoms with van der Waals surface area (Å²) in [6.45, 7) is 1.42. The fourth-order valence-corrected chi connectivity index (χ4v) is 0.963. The first-order valence-electron chi connectivity index (χ1n) is 4.44. The van der Waals surface area contributed by atoms with Crippen LogP contribution in [-0.4, -0.2) is 24.0 Å². The highest BCUT2D eigenvalue weighted by molar-refractivity contribution is 5.92. The van der Waals surface area contributed by atoms with Gasteiger partial charge in [-0.15, -0.1) is 0 Å². The van der Waals surface area contributed by atoms with Crippen molar-refractivity contribution in [1.82, 2.24) is 4.98 Å². The fourth-order valence-electron chi connectivity index (χ4n) is 0.963. The predicted octanol–water partition coefficient (Wildman–Crippen LogP) is -0.0588. The quantitative estimate of drug-likeness (QED) is 0.572. The van der Waals surface area contributed by atoms with Gasteiger partial charge in [0.2, 0.25) is 5.91 Å². The number of carbonyl (C=O) groups is 1. The summed E-state index contributed by atoms with van der Waals surface area (Å²) in [5.74, 6) is 0.259. The van der Waals surface area contributed by atoms with Crippen molar-refractivity contribution in [3.63, 3.8) is 0 Å². The Kier molecular flexibility index (Phi) is 3.87. The summed E-state index contributed by atoms with van der Waals surface area (Å²) >= 11 is 0. The number of pyridine rings is 1. The molecule has 1 aromatic rings. The number of carbonyl (C=O) groups excluding carboxylic acids is 1. The second kappa shape index (κ2) is 5.18. The topological polar surface area (TPSA) is 94.0 Å². The number of hydrogen-bond acceptors (Lipinski definition) is 4. The van der Waals surface area contributed by atoms with Crippen LogP contribution in [-0.2, 0) is 0 Å². The normalized spacial score (nSPS) is 9.79. The first-order valence-corrected chi connectivity index (χ1v) is 4.44. The number of nitrogens with zero attached hydrogens (tertiary/aromatic N) is 1. The highest BCUT2D eigenvalue weighted by Gasteiger charge is 1.99. The second-order valence-corrected chi connectivity index (χ2v) is 2.87. The van der Waals surface area contributed by atoms with Crippen LogP contribution in [0.2, 0.25) is 0 Å². The molecule has 0 bridgehead atoms. The summed E-state index contributed by atoms with van der Waals surface area (Å²) in [6, 6.07) is 3.36. The molecule has 5 nitrogen and oxygen atoms in total. The van der Waals surface area contributed by atoms with E-state index in [0.717, 1.165) is 18.8 Å². The van der Waals surface area contributed by atoms with E-state index >= 15 is 0 Å². The van der Waals surface area contributed by atoms with Crippen LogP contribution >= 0.6 is 0 Å². The number of rotatable bonds is 5. The molecule has 1 amide bonds. The molecule has 0 spiro atoms. The Morgan fingerprint density at radius 3 is 2.79 bits per heavy atom. The van der Waals surface area contributed by atoms with Crippen LogP contribution in [0.1, 0.15) is 16.8 Å². The molecule has 0 unspecified atom stereocenters. The van der Waals surface area contributed by atoms with Crippen molar-refractivity contribution in [2.75, 3.05) is 18.4 Å². The number of primary amides is 1. The minimum Gasteiger partial charge on any atom is -0.370 e. The maximum Gasteiger partial charge on any atom is 0.250 e. The first-order chi connectivity index (χ1) is 6.74. The number of amides is 1. The van der Waals surface area contributed by atoms with Gasteiger partial charge in [-0.2, -0.15) is 0 Å². The Labute approximate surface area is 82.5 Å². The highest BCUT2D eigenvalue weighted by atomic mass is 16.1. The molecule has 0 atom stereocenters. The minimum absolute atomic E-state index is 0.411. The predicted molar refractivity (Wildman–Crippen MR) is 54.9 cm³/mol. The Morgan fingerprint density at radius 2 is 2.29 bits per heavy atom. The van der Waals surface area contributed by atoms with E-state index < -0.39 is 5.91 Å². The average molecular weight is 194 g/mol. The van der Waals surface area contributed by atoms with Crippen LogP contribution in [0.5, 0.6) is 0 Å². The molecule has 1 aromatic heterocycles. The summed E-state index contributed by atoms with van der Waals surface area (Å²) in [4.78, 5) is 14.7. The molecule has 76 valence electrons. The van der Waals surface area contributed by atoms with E-state index in [9.17, 15) is 4.79 Å². The molecule has 1 rings (SSSR count). The summed E-state index contributed by atoms with van der Waals surface area (Å²) in [5, 5.41) is 3.07. The van der Waals surface area contributed by atoms with Crippen LogP contribution in [0.4, 0.5) is 5.82 Å². The molecule has 0 aliphatic carbocycles. The van der Waals surface area contributed by atoms with Crippen LogP contribution in [0.25, 0.3) is 0 Å². The van der Waals surface area contributed by atoms with Crippen molar-refractivity contribution in [3.8, 4) is 0 Å². The number of anilines is 1. The lowest BCUT2D eigenvalue weighted by molar-refractivity contribution is 0.1000. The van der Waals surface area contributed by atoms with Gasteiger partial charge < -0.3 is 16.8 Å². The maximum absolute atomic E-state index is 10.7. The zero-order chi connectivity index (χ0) is 10.4. The molecule has 0 aliphatic heterocycles. The minimum atomic E-state index is -0.467. The van der Waals surface area contributed by atoms with Crippen molar-refractivity contribution in [2.45, 2.75) is 6.42 Å². The van der Waals surface area contributed by atoms with Crippen LogP contribution in [0.3, 0.4) is 0 Å². The smallest absolute Gasteiger partial charge is 0.250 e. The third-order valence-corrected chi connectivity index (χ3v) is 1.74. The molecule has 0 saturated heterocycles. The summed E-state index contributed by atoms with van der Waals surface area (Å²) in [7, 11) is 0. The van der Waals surface area contributed by atoms with Gasteiger partial charge in [0, 0.05) is 12.7 Å². The summed E-state index contributed by atoms with van der Waals surface area (Å²) < 4.78 is 0. The SMILES string of the molecule is NCCCNc1ccc(C(N)=O)cn1. The van der Waals surface area contributed by atoms with Crippen LogP contribution in [0, 0.1) is 0 Å². The second-order valence-electron chi connectivity index (χ2n) is 2.87. The van der Waals surface area contributed by atoms with E-state index in [1.54, 1.807) is 12.1 Å². The largest absolute Gasteiger partial charge is 0.370 e. The molecule has 0 aromatic carbocycles. The Bertz CT molecular complexity index is 296. The van der Waals surface area contributed by atoms with Crippen LogP contribution < -0.4 is 16.8 Å². The van der Waals surface area contributed by atoms with E-state index in [2.05, 4.69) is 10.3 Å². The lowest BCUT2D eigenvalue weighted by atomic mass is 10.3. The van der Waals surface area contributed by atoms with Gasteiger partial charge >= 0.3 is 0 Å². The Hall–Kier alpha value is -1.62. The zero-order valence-corrected chi connectivity index (χ0v) is 7.86. The van der Waals surface area contributed by atoms with Gasteiger partial charge in [0.1, 0.15) is 5.82 Å². The molecule has 5 heteroatoms. The van der Waals surface area contributed by atoms with Crippen LogP contribution in [0.15, 0.2) is 18.3 Å². The summed E-state index contributed by atoms with van der Waals surface area (Å²) in [5.41, 5.74) is 10.8. The van der Waals surface area contributed by atoms with Gasteiger partial charge in [0.15, 0.2) is 0 Å². The zero-order valence-electron chi connectivity index (χ0n) is 7.86. The molecule has 0 fully saturated rings. The molecule has 0 radical (unpaired) electrons. The van der Waals surface area contributed by atoms with E-state index in [-0.39, 0.29) is 0 Å². The van der Waals surface area contributed by atoms with Gasteiger partial charge in [-0.25, -0.2) is 4.98 Å². The van der Waals surface area contributed by atoms with E-state index in [4.69, 9.17) is 11.5 Å². The molecule has 1 heterocycles. The molecule has 0 saturated carbocycles. The molecule has 5 N–H and O–H groups in total. The number of nitrogens with one attached hydrogen (secondary N) is 1. The van der Waals surface area contributed by atoms with Gasteiger partial charge in [0.05, 0.1) is 5.56 Å². The lowest BCUT2D eigenvalue weighted by Crippen LogP contribution is -2.12. The monoisotopic (exact) mass is 194 g/mol. The van der Waals surface area contributed by atoms with Crippen molar-refractivity contribution >= 4 is 11.7 Å². The number of nitrogens with two attached hydrogens (primary N) is 2. The highest BCUT2D eigenvalue weighted by Crippen LogP contribution is 2.03. The number of hydrogen-bond donors (Lipinski definition) is 3. The van der Waals surface area contributed by atoms with Gasteiger partial charge in [-0.3, -0.25) is 4.79 Å². The molecule has 0 aliphatic rings. The fraction of sp³-hybridized carbons (Fsp3) is 0.333. The molecular weight excluding hydrogens is 180 g/mol. The first kappa shape index (κ1) is 10.5. The third kappa shape index (κ3) is 3.02. The van der Waals surface area contributed by atoms with Crippen molar-refractivity contribution in [1.29, 1.82) is 0 Å². The third-order valence-electron chi connectivity index (χ3n) is 1.74. The van der Waals surface area contributed by atoms with E-state index in [1.807, 2.05) is 0 Å². The molecule has 14 heavy (non-hydrogen) atoms. The van der Waals surface area contributed by atoms with Crippen molar-refractivity contribution in [3.05, 3.63) is 23.9 Å². The van der Waals surface area contributed by atoms with Gasteiger partial charge in [-0.1, -0.05) is 0 Å². The molecular formula is C9H14N4O. The summed E-state index contributed by atoms with van der Waals surface area (Å²) in [6.07, 6.45) is 2.34. The number of aromatic nitrogens is 1. The van der Waals surface area contributed by atoms with Gasteiger partial charge in [0.25, 0.3) is 0 Å². The Balaban J connectivity index is 2.51. The van der Waals surface area contributed by atoms with E-state index in [0.29, 0.717) is 12.1 Å². The standard InChI is InChI=1S/C9H14N4O/c10-4-1-5-12-8-3-2-7(6-13-8)9(11)14/h2-3,6H,1,4-5,10H2,(H2,11,14)(H,12,13). The average Bonchev–Trinajstić information content (AvgIpc) is 2.19. The van der Waals surface area contributed by atoms with Crippen molar-refractivity contribution < 1.29 is 4.79 Å². The van der Waals surface area contributed by atoms with Gasteiger partial charge in [-0.05, 0) is 25.1 Å². The maximum atomic E-state index is 10.7. The lowest BCUT2D eigenvalue weighted by Gasteiger charge is -2.03. The van der Waals surface area contributed by atoms with E-state index in [1.165, 1.54) is 6.20 Å². The Morgan fingerprint density at radius 1 is 1.50 bits per heavy atom.